The Hall–Kier alpha value is -0.570. The Kier molecular flexibility index (Phi) is 4.26. The first-order chi connectivity index (χ1) is 3.85. The number of aliphatic hydroxyl groups excluding tert-OH is 1. The zero-order chi connectivity index (χ0) is 6.41. The van der Waals surface area contributed by atoms with E-state index in [1.54, 1.807) is 0 Å². The van der Waals surface area contributed by atoms with E-state index in [1.165, 1.54) is 0 Å². The van der Waals surface area contributed by atoms with Crippen LogP contribution in [0.2, 0.25) is 0 Å². The second-order valence-electron chi connectivity index (χ2n) is 1.59. The Labute approximate surface area is 49.2 Å². The van der Waals surface area contributed by atoms with Gasteiger partial charge in [0.15, 0.2) is 0 Å². The Morgan fingerprint density at radius 2 is 2.38 bits per heavy atom. The molecule has 0 aliphatic heterocycles. The Bertz CT molecular complexity index is 80.5. The highest BCUT2D eigenvalue weighted by atomic mass is 16.3. The highest BCUT2D eigenvalue weighted by Crippen LogP contribution is 1.88. The van der Waals surface area contributed by atoms with Crippen LogP contribution in [0.15, 0.2) is 5.10 Å². The first-order valence-electron chi connectivity index (χ1n) is 2.68. The zero-order valence-electron chi connectivity index (χ0n) is 5.02. The third-order valence-corrected chi connectivity index (χ3v) is 0.879. The molecule has 0 saturated heterocycles. The van der Waals surface area contributed by atoms with Crippen molar-refractivity contribution in [1.29, 1.82) is 0 Å². The van der Waals surface area contributed by atoms with Gasteiger partial charge in [0.2, 0.25) is 0 Å². The molecule has 0 atom stereocenters. The van der Waals surface area contributed by atoms with Gasteiger partial charge in [0.1, 0.15) is 0 Å². The van der Waals surface area contributed by atoms with Gasteiger partial charge in [0.25, 0.3) is 0 Å². The van der Waals surface area contributed by atoms with E-state index in [0.29, 0.717) is 5.71 Å². The Morgan fingerprint density at radius 3 is 2.50 bits per heavy atom. The van der Waals surface area contributed by atoms with Crippen LogP contribution >= 0.6 is 0 Å². The summed E-state index contributed by atoms with van der Waals surface area (Å²) >= 11 is 0. The molecule has 0 unspecified atom stereocenters. The smallest absolute Gasteiger partial charge is 0.0832 e. The minimum Gasteiger partial charge on any atom is -0.390 e. The number of hydrogen-bond acceptors (Lipinski definition) is 2. The fourth-order valence-electron chi connectivity index (χ4n) is 0.459. The lowest BCUT2D eigenvalue weighted by molar-refractivity contribution is 0.354. The molecule has 0 aliphatic carbocycles. The Morgan fingerprint density at radius 1 is 1.75 bits per heavy atom. The molecule has 0 bridgehead atoms. The zero-order valence-corrected chi connectivity index (χ0v) is 5.02. The van der Waals surface area contributed by atoms with Gasteiger partial charge in [0, 0.05) is 0 Å². The van der Waals surface area contributed by atoms with E-state index in [0.717, 1.165) is 12.8 Å². The molecule has 0 rings (SSSR count). The molecule has 0 heterocycles. The van der Waals surface area contributed by atoms with Gasteiger partial charge in [-0.1, -0.05) is 13.3 Å². The number of nitrogens with one attached hydrogen (secondary N) is 1. The van der Waals surface area contributed by atoms with Gasteiger partial charge in [-0.25, -0.2) is 5.84 Å². The van der Waals surface area contributed by atoms with Gasteiger partial charge < -0.3 is 5.11 Å². The predicted molar refractivity (Wildman–Crippen MR) is 32.5 cm³/mol. The summed E-state index contributed by atoms with van der Waals surface area (Å²) in [5.41, 5.74) is 0.563. The van der Waals surface area contributed by atoms with Gasteiger partial charge in [-0.15, -0.1) is 0 Å². The minimum absolute atomic E-state index is 0.0721. The lowest BCUT2D eigenvalue weighted by atomic mass is 10.2. The summed E-state index contributed by atoms with van der Waals surface area (Å²) in [5, 5.41) is 11.5. The van der Waals surface area contributed by atoms with Gasteiger partial charge in [-0.2, -0.15) is 5.10 Å². The average molecular weight is 115 g/mol. The molecule has 0 aromatic carbocycles. The number of hydrogen-bond donors (Lipinski definition) is 1. The van der Waals surface area contributed by atoms with E-state index in [-0.39, 0.29) is 6.61 Å². The fraction of sp³-hybridized carbons (Fsp3) is 0.800. The molecule has 0 aliphatic rings. The highest BCUT2D eigenvalue weighted by molar-refractivity contribution is 5.84. The first-order valence-corrected chi connectivity index (χ1v) is 2.68. The normalized spacial score (nSPS) is 12.0. The summed E-state index contributed by atoms with van der Waals surface area (Å²) in [7, 11) is 0. The molecule has 3 heteroatoms. The maximum atomic E-state index is 8.41. The monoisotopic (exact) mass is 115 g/mol. The molecule has 3 nitrogen and oxygen atoms in total. The molecule has 0 fully saturated rings. The molecule has 0 aromatic rings. The van der Waals surface area contributed by atoms with Crippen LogP contribution in [0.4, 0.5) is 0 Å². The molecule has 8 heavy (non-hydrogen) atoms. The van der Waals surface area contributed by atoms with Crippen molar-refractivity contribution in [2.45, 2.75) is 19.8 Å². The highest BCUT2D eigenvalue weighted by Gasteiger charge is 1.91. The molecule has 0 amide bonds. The van der Waals surface area contributed by atoms with E-state index < -0.39 is 0 Å². The maximum Gasteiger partial charge on any atom is 0.0832 e. The second kappa shape index (κ2) is 4.59. The van der Waals surface area contributed by atoms with Gasteiger partial charge in [0.05, 0.1) is 12.3 Å². The molecule has 0 aromatic heterocycles. The quantitative estimate of drug-likeness (QED) is 0.420. The lowest BCUT2D eigenvalue weighted by Crippen LogP contribution is -2.03. The topological polar surface area (TPSA) is 56.4 Å². The van der Waals surface area contributed by atoms with Gasteiger partial charge in [-0.05, 0) is 6.42 Å². The van der Waals surface area contributed by atoms with Crippen molar-refractivity contribution in [3.05, 3.63) is 0 Å². The van der Waals surface area contributed by atoms with Crippen molar-refractivity contribution >= 4 is 5.71 Å². The number of rotatable bonds is 3. The van der Waals surface area contributed by atoms with E-state index in [2.05, 4.69) is 5.10 Å². The summed E-state index contributed by atoms with van der Waals surface area (Å²) in [6.45, 7) is 1.91. The Balaban J connectivity index is 3.38. The largest absolute Gasteiger partial charge is 0.390 e. The standard InChI is InChI=1S/C5H11N2O/c1-2-3-5(4-8)7-6/h6,8H,2-4H2,1H3. The predicted octanol–water partition coefficient (Wildman–Crippen LogP) is 0.418. The molecule has 1 radical (unpaired) electrons. The third-order valence-electron chi connectivity index (χ3n) is 0.879. The SMILES string of the molecule is CCCC(CO)=N[NH]. The van der Waals surface area contributed by atoms with Crippen LogP contribution in [0.1, 0.15) is 19.8 Å². The van der Waals surface area contributed by atoms with Crippen molar-refractivity contribution in [2.75, 3.05) is 6.61 Å². The van der Waals surface area contributed by atoms with Gasteiger partial charge >= 0.3 is 0 Å². The van der Waals surface area contributed by atoms with E-state index in [4.69, 9.17) is 10.9 Å². The van der Waals surface area contributed by atoms with Gasteiger partial charge in [-0.3, -0.25) is 0 Å². The van der Waals surface area contributed by atoms with Crippen molar-refractivity contribution in [3.63, 3.8) is 0 Å². The maximum absolute atomic E-state index is 8.41. The molecule has 2 N–H and O–H groups in total. The minimum atomic E-state index is -0.0721. The second-order valence-corrected chi connectivity index (χ2v) is 1.59. The number of aliphatic hydroxyl groups is 1. The average Bonchev–Trinajstić information content (AvgIpc) is 1.83. The van der Waals surface area contributed by atoms with E-state index in [1.807, 2.05) is 6.92 Å². The van der Waals surface area contributed by atoms with Crippen LogP contribution in [-0.4, -0.2) is 17.4 Å². The molecule has 0 spiro atoms. The summed E-state index contributed by atoms with van der Waals surface area (Å²) in [4.78, 5) is 0. The van der Waals surface area contributed by atoms with Crippen LogP contribution < -0.4 is 5.84 Å². The molecular weight excluding hydrogens is 104 g/mol. The number of nitrogens with zero attached hydrogens (tertiary/aromatic N) is 1. The van der Waals surface area contributed by atoms with Crippen LogP contribution in [0.25, 0.3) is 0 Å². The van der Waals surface area contributed by atoms with Crippen LogP contribution in [0.3, 0.4) is 0 Å². The first kappa shape index (κ1) is 7.43. The van der Waals surface area contributed by atoms with Crippen molar-refractivity contribution in [2.24, 2.45) is 5.10 Å². The molecule has 47 valence electrons. The van der Waals surface area contributed by atoms with E-state index >= 15 is 0 Å². The lowest BCUT2D eigenvalue weighted by Gasteiger charge is -1.93. The van der Waals surface area contributed by atoms with Crippen LogP contribution in [-0.2, 0) is 0 Å². The fourth-order valence-corrected chi connectivity index (χ4v) is 0.459. The molecular formula is C5H11N2O. The van der Waals surface area contributed by atoms with Crippen LogP contribution in [0.5, 0.6) is 0 Å². The van der Waals surface area contributed by atoms with Crippen molar-refractivity contribution < 1.29 is 5.11 Å². The molecule has 0 saturated carbocycles. The van der Waals surface area contributed by atoms with Crippen molar-refractivity contribution in [1.82, 2.24) is 5.84 Å². The summed E-state index contributed by atoms with van der Waals surface area (Å²) in [5.74, 6) is 6.49. The van der Waals surface area contributed by atoms with Crippen molar-refractivity contribution in [3.8, 4) is 0 Å². The third kappa shape index (κ3) is 2.58. The summed E-state index contributed by atoms with van der Waals surface area (Å²) in [6.07, 6.45) is 1.68. The van der Waals surface area contributed by atoms with E-state index in [9.17, 15) is 0 Å². The summed E-state index contributed by atoms with van der Waals surface area (Å²) < 4.78 is 0. The van der Waals surface area contributed by atoms with Crippen LogP contribution in [0, 0.1) is 0 Å². The summed E-state index contributed by atoms with van der Waals surface area (Å²) in [6, 6.07) is 0.